The third kappa shape index (κ3) is 5.28. The number of unbranched alkanes of at least 4 members (excludes halogenated alkanes) is 3. The second-order valence-electron chi connectivity index (χ2n) is 4.04. The Hall–Kier alpha value is -0.410. The Bertz CT molecular complexity index is 234. The van der Waals surface area contributed by atoms with E-state index in [9.17, 15) is 0 Å². The Labute approximate surface area is 97.1 Å². The van der Waals surface area contributed by atoms with E-state index in [2.05, 4.69) is 24.1 Å². The Morgan fingerprint density at radius 3 is 2.93 bits per heavy atom. The van der Waals surface area contributed by atoms with Gasteiger partial charge in [0.25, 0.3) is 0 Å². The van der Waals surface area contributed by atoms with E-state index in [1.807, 2.05) is 11.6 Å². The van der Waals surface area contributed by atoms with Crippen LogP contribution in [-0.2, 0) is 0 Å². The maximum absolute atomic E-state index is 4.32. The smallest absolute Gasteiger partial charge is 0.0965 e. The fraction of sp³-hybridized carbons (Fsp3) is 0.750. The molecular formula is C12H22N2S. The average molecular weight is 226 g/mol. The van der Waals surface area contributed by atoms with Crippen LogP contribution in [0.15, 0.2) is 11.6 Å². The molecule has 0 fully saturated rings. The summed E-state index contributed by atoms with van der Waals surface area (Å²) >= 11 is 1.75. The van der Waals surface area contributed by atoms with Crippen LogP contribution in [0.4, 0.5) is 0 Å². The molecule has 15 heavy (non-hydrogen) atoms. The highest BCUT2D eigenvalue weighted by molar-refractivity contribution is 7.09. The Kier molecular flexibility index (Phi) is 6.60. The summed E-state index contributed by atoms with van der Waals surface area (Å²) in [5, 5.41) is 6.79. The highest BCUT2D eigenvalue weighted by Gasteiger charge is 2.06. The topological polar surface area (TPSA) is 24.9 Å². The SMILES string of the molecule is CCCCCCNCC(C)c1nccs1. The van der Waals surface area contributed by atoms with Gasteiger partial charge < -0.3 is 5.32 Å². The summed E-state index contributed by atoms with van der Waals surface area (Å²) in [6.45, 7) is 6.69. The first-order valence-corrected chi connectivity index (χ1v) is 6.82. The fourth-order valence-corrected chi connectivity index (χ4v) is 2.26. The highest BCUT2D eigenvalue weighted by atomic mass is 32.1. The summed E-state index contributed by atoms with van der Waals surface area (Å²) in [7, 11) is 0. The molecule has 0 aromatic carbocycles. The molecule has 0 bridgehead atoms. The van der Waals surface area contributed by atoms with Gasteiger partial charge in [0.15, 0.2) is 0 Å². The van der Waals surface area contributed by atoms with Gasteiger partial charge in [-0.1, -0.05) is 33.1 Å². The van der Waals surface area contributed by atoms with Crippen LogP contribution < -0.4 is 5.32 Å². The predicted octanol–water partition coefficient (Wildman–Crippen LogP) is 3.42. The summed E-state index contributed by atoms with van der Waals surface area (Å²) in [4.78, 5) is 4.32. The maximum atomic E-state index is 4.32. The number of nitrogens with one attached hydrogen (secondary N) is 1. The van der Waals surface area contributed by atoms with Crippen LogP contribution in [0.3, 0.4) is 0 Å². The average Bonchev–Trinajstić information content (AvgIpc) is 2.76. The van der Waals surface area contributed by atoms with Gasteiger partial charge in [0.1, 0.15) is 0 Å². The molecule has 0 spiro atoms. The van der Waals surface area contributed by atoms with Crippen molar-refractivity contribution in [3.8, 4) is 0 Å². The van der Waals surface area contributed by atoms with E-state index in [1.54, 1.807) is 11.3 Å². The number of hydrogen-bond acceptors (Lipinski definition) is 3. The molecule has 0 amide bonds. The Morgan fingerprint density at radius 1 is 1.40 bits per heavy atom. The van der Waals surface area contributed by atoms with Crippen LogP contribution >= 0.6 is 11.3 Å². The normalized spacial score (nSPS) is 12.9. The molecule has 0 saturated carbocycles. The van der Waals surface area contributed by atoms with E-state index in [-0.39, 0.29) is 0 Å². The van der Waals surface area contributed by atoms with E-state index < -0.39 is 0 Å². The van der Waals surface area contributed by atoms with Crippen LogP contribution in [0, 0.1) is 0 Å². The minimum absolute atomic E-state index is 0.552. The number of nitrogens with zero attached hydrogens (tertiary/aromatic N) is 1. The van der Waals surface area contributed by atoms with Crippen molar-refractivity contribution < 1.29 is 0 Å². The third-order valence-electron chi connectivity index (χ3n) is 2.53. The van der Waals surface area contributed by atoms with Gasteiger partial charge >= 0.3 is 0 Å². The zero-order valence-corrected chi connectivity index (χ0v) is 10.6. The van der Waals surface area contributed by atoms with Crippen LogP contribution in [0.2, 0.25) is 0 Å². The molecule has 1 heterocycles. The molecular weight excluding hydrogens is 204 g/mol. The summed E-state index contributed by atoms with van der Waals surface area (Å²) in [5.74, 6) is 0.552. The molecule has 0 radical (unpaired) electrons. The van der Waals surface area contributed by atoms with E-state index in [1.165, 1.54) is 30.7 Å². The van der Waals surface area contributed by atoms with Gasteiger partial charge in [0, 0.05) is 24.0 Å². The summed E-state index contributed by atoms with van der Waals surface area (Å²) in [6, 6.07) is 0. The molecule has 0 aliphatic carbocycles. The van der Waals surface area contributed by atoms with Crippen LogP contribution in [0.25, 0.3) is 0 Å². The van der Waals surface area contributed by atoms with Crippen molar-refractivity contribution in [1.29, 1.82) is 0 Å². The standard InChI is InChI=1S/C12H22N2S/c1-3-4-5-6-7-13-10-11(2)12-14-8-9-15-12/h8-9,11,13H,3-7,10H2,1-2H3. The zero-order valence-electron chi connectivity index (χ0n) is 9.83. The number of hydrogen-bond donors (Lipinski definition) is 1. The van der Waals surface area contributed by atoms with Gasteiger partial charge in [-0.05, 0) is 13.0 Å². The molecule has 86 valence electrons. The lowest BCUT2D eigenvalue weighted by atomic mass is 10.2. The molecule has 0 aliphatic rings. The molecule has 1 N–H and O–H groups in total. The fourth-order valence-electron chi connectivity index (χ4n) is 1.56. The van der Waals surface area contributed by atoms with Crippen molar-refractivity contribution in [2.24, 2.45) is 0 Å². The van der Waals surface area contributed by atoms with Crippen molar-refractivity contribution in [3.63, 3.8) is 0 Å². The van der Waals surface area contributed by atoms with Gasteiger partial charge in [-0.25, -0.2) is 4.98 Å². The minimum atomic E-state index is 0.552. The zero-order chi connectivity index (χ0) is 10.9. The van der Waals surface area contributed by atoms with Crippen molar-refractivity contribution >= 4 is 11.3 Å². The van der Waals surface area contributed by atoms with Gasteiger partial charge in [0.2, 0.25) is 0 Å². The molecule has 1 unspecified atom stereocenters. The quantitative estimate of drug-likeness (QED) is 0.687. The molecule has 1 rings (SSSR count). The van der Waals surface area contributed by atoms with Gasteiger partial charge in [-0.2, -0.15) is 0 Å². The van der Waals surface area contributed by atoms with Crippen LogP contribution in [0.1, 0.15) is 50.5 Å². The highest BCUT2D eigenvalue weighted by Crippen LogP contribution is 2.16. The van der Waals surface area contributed by atoms with Crippen molar-refractivity contribution in [2.75, 3.05) is 13.1 Å². The molecule has 1 aromatic rings. The number of aromatic nitrogens is 1. The first kappa shape index (κ1) is 12.7. The number of rotatable bonds is 8. The lowest BCUT2D eigenvalue weighted by molar-refractivity contribution is 0.567. The van der Waals surface area contributed by atoms with Crippen molar-refractivity contribution in [2.45, 2.75) is 45.4 Å². The van der Waals surface area contributed by atoms with Gasteiger partial charge in [-0.15, -0.1) is 11.3 Å². The Balaban J connectivity index is 2.00. The molecule has 1 atom stereocenters. The monoisotopic (exact) mass is 226 g/mol. The van der Waals surface area contributed by atoms with Crippen LogP contribution in [-0.4, -0.2) is 18.1 Å². The molecule has 2 nitrogen and oxygen atoms in total. The second kappa shape index (κ2) is 7.83. The first-order chi connectivity index (χ1) is 7.34. The van der Waals surface area contributed by atoms with Crippen molar-refractivity contribution in [1.82, 2.24) is 10.3 Å². The van der Waals surface area contributed by atoms with Gasteiger partial charge in [-0.3, -0.25) is 0 Å². The molecule has 3 heteroatoms. The molecule has 0 aliphatic heterocycles. The molecule has 0 saturated heterocycles. The summed E-state index contributed by atoms with van der Waals surface area (Å²) < 4.78 is 0. The van der Waals surface area contributed by atoms with E-state index >= 15 is 0 Å². The first-order valence-electron chi connectivity index (χ1n) is 5.94. The lowest BCUT2D eigenvalue weighted by Crippen LogP contribution is -2.21. The van der Waals surface area contributed by atoms with E-state index in [4.69, 9.17) is 0 Å². The largest absolute Gasteiger partial charge is 0.316 e. The summed E-state index contributed by atoms with van der Waals surface area (Å²) in [5.41, 5.74) is 0. The van der Waals surface area contributed by atoms with Gasteiger partial charge in [0.05, 0.1) is 5.01 Å². The molecule has 1 aromatic heterocycles. The second-order valence-corrected chi connectivity index (χ2v) is 4.96. The summed E-state index contributed by atoms with van der Waals surface area (Å²) in [6.07, 6.45) is 7.23. The Morgan fingerprint density at radius 2 is 2.27 bits per heavy atom. The lowest BCUT2D eigenvalue weighted by Gasteiger charge is -2.09. The van der Waals surface area contributed by atoms with Crippen LogP contribution in [0.5, 0.6) is 0 Å². The van der Waals surface area contributed by atoms with E-state index in [0.29, 0.717) is 5.92 Å². The van der Waals surface area contributed by atoms with E-state index in [0.717, 1.165) is 13.1 Å². The minimum Gasteiger partial charge on any atom is -0.316 e. The maximum Gasteiger partial charge on any atom is 0.0965 e. The third-order valence-corrected chi connectivity index (χ3v) is 3.54. The predicted molar refractivity (Wildman–Crippen MR) is 67.5 cm³/mol. The number of thiazole rings is 1. The van der Waals surface area contributed by atoms with Crippen molar-refractivity contribution in [3.05, 3.63) is 16.6 Å².